The van der Waals surface area contributed by atoms with Crippen molar-refractivity contribution in [2.45, 2.75) is 45.2 Å². The van der Waals surface area contributed by atoms with Crippen LogP contribution in [-0.4, -0.2) is 93.9 Å². The number of rotatable bonds is 14. The van der Waals surface area contributed by atoms with Crippen molar-refractivity contribution in [3.05, 3.63) is 59.2 Å². The summed E-state index contributed by atoms with van der Waals surface area (Å²) in [6.07, 6.45) is 4.78. The maximum atomic E-state index is 13.9. The van der Waals surface area contributed by atoms with E-state index in [-0.39, 0.29) is 35.7 Å². The van der Waals surface area contributed by atoms with Gasteiger partial charge in [0.2, 0.25) is 0 Å². The fourth-order valence-corrected chi connectivity index (χ4v) is 5.93. The monoisotopic (exact) mass is 591 g/mol. The molecule has 0 aromatic heterocycles. The first-order valence-electron chi connectivity index (χ1n) is 15.4. The van der Waals surface area contributed by atoms with Crippen molar-refractivity contribution in [2.75, 3.05) is 60.2 Å². The summed E-state index contributed by atoms with van der Waals surface area (Å²) >= 11 is 0. The molecule has 1 saturated heterocycles. The van der Waals surface area contributed by atoms with Crippen LogP contribution in [0.1, 0.15) is 49.0 Å². The lowest BCUT2D eigenvalue weighted by Crippen LogP contribution is -2.45. The summed E-state index contributed by atoms with van der Waals surface area (Å²) in [7, 11) is 3.26. The molecule has 9 heteroatoms. The van der Waals surface area contributed by atoms with Gasteiger partial charge in [0.15, 0.2) is 11.5 Å². The molecule has 2 aromatic carbocycles. The zero-order valence-electron chi connectivity index (χ0n) is 25.8. The van der Waals surface area contributed by atoms with Crippen LogP contribution in [0.4, 0.5) is 0 Å². The Balaban J connectivity index is 1.27. The van der Waals surface area contributed by atoms with Gasteiger partial charge in [-0.1, -0.05) is 18.2 Å². The van der Waals surface area contributed by atoms with Crippen LogP contribution in [0.5, 0.6) is 17.2 Å². The summed E-state index contributed by atoms with van der Waals surface area (Å²) < 4.78 is 22.4. The third-order valence-corrected chi connectivity index (χ3v) is 8.54. The molecule has 5 rings (SSSR count). The quantitative estimate of drug-likeness (QED) is 0.329. The van der Waals surface area contributed by atoms with E-state index in [1.807, 2.05) is 49.1 Å². The molecule has 2 amide bonds. The Kier molecular flexibility index (Phi) is 10.3. The van der Waals surface area contributed by atoms with Crippen molar-refractivity contribution in [1.29, 1.82) is 0 Å². The number of nitrogens with zero attached hydrogens (tertiary/aromatic N) is 2. The summed E-state index contributed by atoms with van der Waals surface area (Å²) in [4.78, 5) is 31.6. The number of methoxy groups -OCH3 is 2. The molecule has 1 N–H and O–H groups in total. The van der Waals surface area contributed by atoms with Crippen molar-refractivity contribution < 1.29 is 28.5 Å². The maximum absolute atomic E-state index is 13.9. The zero-order valence-corrected chi connectivity index (χ0v) is 25.8. The number of carbonyl (C=O) groups excluding carboxylic acids is 2. The number of ether oxygens (including phenoxy) is 4. The number of hydrogen-bond acceptors (Lipinski definition) is 7. The van der Waals surface area contributed by atoms with E-state index in [0.717, 1.165) is 43.7 Å². The molecule has 9 nitrogen and oxygen atoms in total. The molecule has 1 saturated carbocycles. The minimum absolute atomic E-state index is 0.00713. The van der Waals surface area contributed by atoms with E-state index in [0.29, 0.717) is 55.5 Å². The van der Waals surface area contributed by atoms with E-state index < -0.39 is 0 Å². The van der Waals surface area contributed by atoms with Gasteiger partial charge in [-0.3, -0.25) is 9.59 Å². The van der Waals surface area contributed by atoms with Crippen molar-refractivity contribution in [3.8, 4) is 17.2 Å². The highest BCUT2D eigenvalue weighted by molar-refractivity contribution is 5.99. The summed E-state index contributed by atoms with van der Waals surface area (Å²) in [5.41, 5.74) is 2.21. The van der Waals surface area contributed by atoms with Crippen LogP contribution < -0.4 is 19.5 Å². The number of hydrogen-bond donors (Lipinski definition) is 1. The third kappa shape index (κ3) is 7.51. The number of amides is 2. The lowest BCUT2D eigenvalue weighted by atomic mass is 9.93. The van der Waals surface area contributed by atoms with E-state index in [1.54, 1.807) is 32.4 Å². The highest BCUT2D eigenvalue weighted by Crippen LogP contribution is 2.34. The van der Waals surface area contributed by atoms with Crippen LogP contribution in [-0.2, 0) is 9.53 Å². The first-order valence-corrected chi connectivity index (χ1v) is 15.4. The van der Waals surface area contributed by atoms with E-state index in [4.69, 9.17) is 18.9 Å². The Morgan fingerprint density at radius 3 is 2.47 bits per heavy atom. The van der Waals surface area contributed by atoms with Gasteiger partial charge in [0, 0.05) is 69.5 Å². The second-order valence-electron chi connectivity index (χ2n) is 12.0. The van der Waals surface area contributed by atoms with Gasteiger partial charge in [0.1, 0.15) is 12.4 Å². The molecule has 0 spiro atoms. The molecule has 0 radical (unpaired) electrons. The van der Waals surface area contributed by atoms with Crippen molar-refractivity contribution in [3.63, 3.8) is 0 Å². The lowest BCUT2D eigenvalue weighted by Gasteiger charge is -2.34. The standard InChI is InChI=1S/C34H45N3O6/c1-23(2)36(33(38)25-10-13-31(41-4)32(17-25)42-15-7-14-40-3)20-27-18-35-19-28(27)21-37(29-11-12-29)34(39)26-16-24-8-5-6-9-30(24)43-22-26/h5-6,8-10,13,16-17,23,27-29,35H,7,11-12,14-15,18-22H2,1-4H3/t27-,28-/m0/s1. The molecule has 2 fully saturated rings. The second kappa shape index (κ2) is 14.3. The highest BCUT2D eigenvalue weighted by Gasteiger charge is 2.39. The normalized spacial score (nSPS) is 19.3. The smallest absolute Gasteiger partial charge is 0.254 e. The van der Waals surface area contributed by atoms with Crippen molar-refractivity contribution in [1.82, 2.24) is 15.1 Å². The summed E-state index contributed by atoms with van der Waals surface area (Å²) in [5.74, 6) is 2.45. The van der Waals surface area contributed by atoms with Gasteiger partial charge in [-0.05, 0) is 68.9 Å². The topological polar surface area (TPSA) is 89.6 Å². The van der Waals surface area contributed by atoms with E-state index in [1.165, 1.54) is 0 Å². The van der Waals surface area contributed by atoms with E-state index >= 15 is 0 Å². The number of carbonyl (C=O) groups is 2. The minimum Gasteiger partial charge on any atom is -0.493 e. The molecule has 1 aliphatic carbocycles. The largest absolute Gasteiger partial charge is 0.493 e. The molecule has 2 aromatic rings. The van der Waals surface area contributed by atoms with Crippen LogP contribution in [0.3, 0.4) is 0 Å². The van der Waals surface area contributed by atoms with Crippen LogP contribution in [0, 0.1) is 11.8 Å². The van der Waals surface area contributed by atoms with Gasteiger partial charge in [-0.15, -0.1) is 0 Å². The molecule has 2 heterocycles. The van der Waals surface area contributed by atoms with Crippen LogP contribution >= 0.6 is 0 Å². The second-order valence-corrected chi connectivity index (χ2v) is 12.0. The van der Waals surface area contributed by atoms with E-state index in [9.17, 15) is 9.59 Å². The Morgan fingerprint density at radius 1 is 0.977 bits per heavy atom. The molecule has 2 aliphatic heterocycles. The number of benzene rings is 2. The Labute approximate surface area is 255 Å². The van der Waals surface area contributed by atoms with Crippen LogP contribution in [0.15, 0.2) is 48.0 Å². The molecule has 232 valence electrons. The minimum atomic E-state index is -0.0386. The summed E-state index contributed by atoms with van der Waals surface area (Å²) in [6, 6.07) is 13.5. The summed E-state index contributed by atoms with van der Waals surface area (Å²) in [5, 5.41) is 3.54. The Morgan fingerprint density at radius 2 is 1.74 bits per heavy atom. The van der Waals surface area contributed by atoms with Gasteiger partial charge in [-0.25, -0.2) is 0 Å². The Bertz CT molecular complexity index is 1310. The predicted octanol–water partition coefficient (Wildman–Crippen LogP) is 4.26. The van der Waals surface area contributed by atoms with Gasteiger partial charge in [0.25, 0.3) is 11.8 Å². The highest BCUT2D eigenvalue weighted by atomic mass is 16.5. The molecule has 0 bridgehead atoms. The fourth-order valence-electron chi connectivity index (χ4n) is 5.93. The maximum Gasteiger partial charge on any atom is 0.254 e. The number of para-hydroxylation sites is 1. The zero-order chi connectivity index (χ0) is 30.3. The predicted molar refractivity (Wildman–Crippen MR) is 166 cm³/mol. The van der Waals surface area contributed by atoms with Gasteiger partial charge >= 0.3 is 0 Å². The number of nitrogens with one attached hydrogen (secondary N) is 1. The van der Waals surface area contributed by atoms with Crippen molar-refractivity contribution >= 4 is 17.9 Å². The first kappa shape index (κ1) is 30.9. The van der Waals surface area contributed by atoms with Crippen LogP contribution in [0.2, 0.25) is 0 Å². The lowest BCUT2D eigenvalue weighted by molar-refractivity contribution is -0.128. The average molecular weight is 592 g/mol. The molecule has 2 atom stereocenters. The van der Waals surface area contributed by atoms with Gasteiger partial charge < -0.3 is 34.1 Å². The fraction of sp³-hybridized carbons (Fsp3) is 0.529. The molecular formula is C34H45N3O6. The molecule has 3 aliphatic rings. The molecule has 0 unspecified atom stereocenters. The van der Waals surface area contributed by atoms with Gasteiger partial charge in [-0.2, -0.15) is 0 Å². The first-order chi connectivity index (χ1) is 20.9. The summed E-state index contributed by atoms with van der Waals surface area (Å²) in [6.45, 7) is 8.37. The molecular weight excluding hydrogens is 546 g/mol. The van der Waals surface area contributed by atoms with Crippen molar-refractivity contribution in [2.24, 2.45) is 11.8 Å². The van der Waals surface area contributed by atoms with E-state index in [2.05, 4.69) is 10.2 Å². The van der Waals surface area contributed by atoms with Crippen LogP contribution in [0.25, 0.3) is 6.08 Å². The molecule has 43 heavy (non-hydrogen) atoms. The Hall–Kier alpha value is -3.56. The third-order valence-electron chi connectivity index (χ3n) is 8.54. The number of fused-ring (bicyclic) bond motifs is 1. The average Bonchev–Trinajstić information content (AvgIpc) is 3.78. The SMILES string of the molecule is COCCCOc1cc(C(=O)N(C[C@@H]2CNC[C@H]2CN(C(=O)C2=Cc3ccccc3OC2)C2CC2)C(C)C)ccc1OC. The van der Waals surface area contributed by atoms with Gasteiger partial charge in [0.05, 0.1) is 19.3 Å².